The summed E-state index contributed by atoms with van der Waals surface area (Å²) in [5.41, 5.74) is 0. The molecule has 15 fully saturated rings. The normalized spacial score (nSPS) is 36.2. The highest BCUT2D eigenvalue weighted by atomic mass is 28.4. The molecule has 42 heteroatoms. The number of hydrogen-bond acceptors (Lipinski definition) is 35. The van der Waals surface area contributed by atoms with E-state index in [9.17, 15) is 35.7 Å². The van der Waals surface area contributed by atoms with Gasteiger partial charge in [-0.1, -0.05) is 188 Å². The van der Waals surface area contributed by atoms with Crippen molar-refractivity contribution in [2.45, 2.75) is 487 Å². The van der Waals surface area contributed by atoms with E-state index in [1.807, 2.05) is 0 Å². The minimum absolute atomic E-state index is 0.209. The molecule has 0 radical (unpaired) electrons. The van der Waals surface area contributed by atoms with Gasteiger partial charge in [0.2, 0.25) is 0 Å². The van der Waals surface area contributed by atoms with Crippen molar-refractivity contribution < 1.29 is 166 Å². The summed E-state index contributed by atoms with van der Waals surface area (Å²) < 4.78 is 200. The van der Waals surface area contributed by atoms with E-state index in [2.05, 4.69) is 283 Å². The lowest BCUT2D eigenvalue weighted by Gasteiger charge is -2.52. The second-order valence-corrected chi connectivity index (χ2v) is 84.7. The lowest BCUT2D eigenvalue weighted by Crippen LogP contribution is -2.69. The molecule has 35 atom stereocenters. The fourth-order valence-electron chi connectivity index (χ4n) is 16.3. The van der Waals surface area contributed by atoms with Crippen LogP contribution in [0.5, 0.6) is 0 Å². The summed E-state index contributed by atoms with van der Waals surface area (Å²) in [6.45, 7) is 97.4. The molecule has 0 saturated carbocycles. The Hall–Kier alpha value is -1.70. The third-order valence-electron chi connectivity index (χ3n) is 33.1. The first-order valence-corrected chi connectivity index (χ1v) is 73.0. The highest BCUT2D eigenvalue weighted by Gasteiger charge is 2.64. The molecule has 0 spiro atoms. The molecule has 15 aliphatic heterocycles. The molecular formula is C105H196O35Si7. The molecule has 0 aromatic heterocycles. The van der Waals surface area contributed by atoms with Crippen molar-refractivity contribution in [1.82, 2.24) is 0 Å². The van der Waals surface area contributed by atoms with Gasteiger partial charge in [-0.25, -0.2) is 0 Å². The molecule has 147 heavy (non-hydrogen) atoms. The molecular weight excluding hydrogens is 2020 g/mol. The van der Waals surface area contributed by atoms with Gasteiger partial charge in [0.05, 0.1) is 92.5 Å². The Balaban J connectivity index is 1.47. The lowest BCUT2D eigenvalue weighted by molar-refractivity contribution is -0.400. The number of aliphatic hydroxyl groups is 7. The smallest absolute Gasteiger partial charge is 0.192 e. The number of rotatable bonds is 42. The summed E-state index contributed by atoms with van der Waals surface area (Å²) in [6.07, 6.45) is -44.9. The first kappa shape index (κ1) is 130. The molecule has 0 aromatic rings. The van der Waals surface area contributed by atoms with Crippen molar-refractivity contribution in [2.24, 2.45) is 0 Å². The van der Waals surface area contributed by atoms with Crippen molar-refractivity contribution >= 4 is 58.2 Å². The fourth-order valence-corrected chi connectivity index (χ4v) is 23.4. The van der Waals surface area contributed by atoms with Crippen LogP contribution in [0.4, 0.5) is 0 Å². The second-order valence-electron chi connectivity index (χ2n) is 51.0. The molecule has 0 unspecified atom stereocenters. The second kappa shape index (κ2) is 53.1. The highest BCUT2D eigenvalue weighted by molar-refractivity contribution is 6.76. The van der Waals surface area contributed by atoms with Crippen LogP contribution in [-0.2, 0) is 130 Å². The number of hydrogen-bond donors (Lipinski definition) is 7. The van der Waals surface area contributed by atoms with Gasteiger partial charge in [0.1, 0.15) is 171 Å². The molecule has 15 heterocycles. The minimum Gasteiger partial charge on any atom is -0.414 e. The molecule has 15 rings (SSSR count). The maximum atomic E-state index is 13.8. The molecule has 0 amide bonds. The molecule has 7 N–H and O–H groups in total. The Morgan fingerprint density at radius 3 is 0.361 bits per heavy atom. The topological polar surface area (TPSA) is 400 Å². The highest BCUT2D eigenvalue weighted by Crippen LogP contribution is 2.50. The van der Waals surface area contributed by atoms with Crippen LogP contribution >= 0.6 is 0 Å². The molecule has 0 aromatic carbocycles. The van der Waals surface area contributed by atoms with Crippen LogP contribution in [0.1, 0.15) is 145 Å². The molecule has 14 bridgehead atoms. The molecule has 15 saturated heterocycles. The van der Waals surface area contributed by atoms with Crippen molar-refractivity contribution in [3.8, 4) is 0 Å². The van der Waals surface area contributed by atoms with Gasteiger partial charge in [-0.3, -0.25) is 0 Å². The summed E-state index contributed by atoms with van der Waals surface area (Å²) >= 11 is 0. The van der Waals surface area contributed by atoms with Crippen LogP contribution in [0.15, 0.2) is 88.6 Å². The maximum Gasteiger partial charge on any atom is 0.192 e. The van der Waals surface area contributed by atoms with Crippen LogP contribution in [0, 0.1) is 0 Å². The van der Waals surface area contributed by atoms with Crippen molar-refractivity contribution in [3.63, 3.8) is 0 Å². The zero-order valence-corrected chi connectivity index (χ0v) is 103. The van der Waals surface area contributed by atoms with Gasteiger partial charge in [-0.05, 0) is 127 Å². The minimum atomic E-state index is -2.84. The van der Waals surface area contributed by atoms with Gasteiger partial charge < -0.3 is 166 Å². The maximum absolute atomic E-state index is 13.8. The van der Waals surface area contributed by atoms with E-state index in [0.29, 0.717) is 0 Å². The Morgan fingerprint density at radius 1 is 0.184 bits per heavy atom. The fraction of sp³-hybridized carbons (Fsp3) is 0.867. The monoisotopic (exact) mass is 2210 g/mol. The van der Waals surface area contributed by atoms with E-state index < -0.39 is 308 Å². The van der Waals surface area contributed by atoms with Crippen LogP contribution in [0.25, 0.3) is 0 Å². The lowest BCUT2D eigenvalue weighted by atomic mass is 9.95. The van der Waals surface area contributed by atoms with Crippen molar-refractivity contribution in [1.29, 1.82) is 0 Å². The van der Waals surface area contributed by atoms with E-state index in [1.165, 1.54) is 42.5 Å². The summed E-state index contributed by atoms with van der Waals surface area (Å²) in [5, 5.41) is 94.1. The SMILES string of the molecule is C=CCO[C@H]1[C@H]2O[C@H]3[C@H](O)[C@@H](OCC=C)[C@@H](O[C@H]4[C@H](O)[C@@H](OCC=C)[C@@H](O[C@H]5[C@H](O)[C@@H](OCC=C)[C@@H](O[C@H]6[C@H](O)[C@@H](OCC=C)[C@@H](O[C@H]7[C@H](O)[C@@H](OCC=C)[C@@H](O[C@H]8[C@H](O)[C@@H](OCC=C)[C@@H](O[C@@H]([C@@H]1O)[C@@H](CO[Si](C)(C)C(C)(C)C)O2)O[C@@H]8CO[Si](C)(C)C(C)(C)C)O[C@@H]7CO[Si](C)(C)C(C)(C)C)O[C@@H]6CO[Si](C)(C)C(C)(C)C)O[C@@H]5CO[Si](C)(C)C(C)(C)C)O[C@@H]4CO[Si](C)(C)C(C)(C)C)O[C@@H]3CO[Si](C)(C)C(C)(C)C. The molecule has 854 valence electrons. The van der Waals surface area contributed by atoms with Crippen LogP contribution in [0.3, 0.4) is 0 Å². The Kier molecular flexibility index (Phi) is 47.1. The van der Waals surface area contributed by atoms with E-state index in [4.69, 9.17) is 130 Å². The quantitative estimate of drug-likeness (QED) is 0.0220. The standard InChI is InChI=1S/C105H196O35Si7/c1-43-50-113-85-71(106)78-64(57-120-141(29,30)99(8,9)10)127-92(85)134-79-65(58-121-142(31,32)100(11,12)13)128-94(86(72(79)107)114-51-44-2)136-81-67(60-123-144(35,36)102(17,18)19)130-96(88(74(81)109)116-53-46-4)138-83-69(62-125-146(39,40)104(23,24)25)132-98(90(76(83)111)118-55-48-6)140-84-70(63-126-147(41,42)105(26,27)28)133-97(91(77(84)112)119-56-49-7)139-82-68(61-124-145(37,38)103(20,21)22)131-95(89(75(82)110)117-54-47-5)137-80-66(59-122-143(33,34)101(14,15)16)129-93(135-78)87(73(80)108)115-52-45-3/h43-49,64-98,106-112H,1-7,50-63H2,8-42H3/t64-,65-,66-,67-,68-,69-,70-,71+,72+,73+,74+,75+,76+,77+,78-,79-,80-,81-,82-,83-,84-,85-,86-,87-,88-,89-,90-,91-,92-,93-,94-,95-,96-,97-,98-/m1/s1. The molecule has 0 aliphatic carbocycles. The van der Waals surface area contributed by atoms with Gasteiger partial charge in [-0.15, -0.1) is 46.1 Å². The van der Waals surface area contributed by atoms with Gasteiger partial charge in [0.15, 0.2) is 102 Å². The van der Waals surface area contributed by atoms with E-state index in [1.54, 1.807) is 0 Å². The zero-order valence-electron chi connectivity index (χ0n) is 95.7. The Labute approximate surface area is 887 Å². The predicted octanol–water partition coefficient (Wildman–Crippen LogP) is 14.4. The number of aliphatic hydroxyl groups excluding tert-OH is 7. The Morgan fingerprint density at radius 2 is 0.279 bits per heavy atom. The summed E-state index contributed by atoms with van der Waals surface area (Å²) in [6, 6.07) is 0. The van der Waals surface area contributed by atoms with E-state index >= 15 is 0 Å². The zero-order chi connectivity index (χ0) is 111. The van der Waals surface area contributed by atoms with E-state index in [0.717, 1.165) is 0 Å². The van der Waals surface area contributed by atoms with Crippen LogP contribution in [0.2, 0.25) is 127 Å². The van der Waals surface area contributed by atoms with Gasteiger partial charge >= 0.3 is 0 Å². The average Bonchev–Trinajstić information content (AvgIpc) is 1.01. The molecule has 35 nitrogen and oxygen atoms in total. The Bertz CT molecular complexity index is 3360. The summed E-state index contributed by atoms with van der Waals surface area (Å²) in [5.74, 6) is 0. The van der Waals surface area contributed by atoms with Crippen LogP contribution < -0.4 is 0 Å². The summed E-state index contributed by atoms with van der Waals surface area (Å²) in [7, 11) is -19.9. The first-order chi connectivity index (χ1) is 67.7. The first-order valence-electron chi connectivity index (χ1n) is 52.7. The van der Waals surface area contributed by atoms with Gasteiger partial charge in [0.25, 0.3) is 0 Å². The number of ether oxygens (including phenoxy) is 21. The molecule has 15 aliphatic rings. The third kappa shape index (κ3) is 32.6. The number of fused-ring (bicyclic) bond motifs is 7. The predicted molar refractivity (Wildman–Crippen MR) is 578 cm³/mol. The van der Waals surface area contributed by atoms with Gasteiger partial charge in [-0.2, -0.15) is 0 Å². The summed E-state index contributed by atoms with van der Waals surface area (Å²) in [4.78, 5) is 0. The third-order valence-corrected chi connectivity index (χ3v) is 64.6. The largest absolute Gasteiger partial charge is 0.414 e. The van der Waals surface area contributed by atoms with Crippen LogP contribution in [-0.4, -0.2) is 401 Å². The van der Waals surface area contributed by atoms with Crippen molar-refractivity contribution in [3.05, 3.63) is 88.6 Å². The van der Waals surface area contributed by atoms with E-state index in [-0.39, 0.29) is 92.5 Å². The van der Waals surface area contributed by atoms with Gasteiger partial charge in [0, 0.05) is 0 Å². The van der Waals surface area contributed by atoms with Crippen molar-refractivity contribution in [2.75, 3.05) is 92.5 Å². The average molecular weight is 2220 g/mol.